The topological polar surface area (TPSA) is 49.4 Å². The fourth-order valence-electron chi connectivity index (χ4n) is 3.55. The summed E-state index contributed by atoms with van der Waals surface area (Å²) in [6, 6.07) is -0.746. The molecule has 4 heteroatoms. The fourth-order valence-corrected chi connectivity index (χ4v) is 3.55. The van der Waals surface area contributed by atoms with E-state index in [2.05, 4.69) is 26.1 Å². The van der Waals surface area contributed by atoms with Crippen molar-refractivity contribution in [2.24, 2.45) is 11.8 Å². The molecule has 1 rings (SSSR count). The first-order valence-corrected chi connectivity index (χ1v) is 8.39. The van der Waals surface area contributed by atoms with Gasteiger partial charge in [0.05, 0.1) is 0 Å². The van der Waals surface area contributed by atoms with E-state index >= 15 is 0 Å². The van der Waals surface area contributed by atoms with Crippen LogP contribution >= 0.6 is 0 Å². The molecule has 0 aliphatic carbocycles. The van der Waals surface area contributed by atoms with Gasteiger partial charge in [-0.3, -0.25) is 9.59 Å². The number of carbonyl (C=O) groups excluding carboxylic acids is 2. The highest BCUT2D eigenvalue weighted by Crippen LogP contribution is 2.35. The number of amides is 2. The molecule has 2 unspecified atom stereocenters. The zero-order chi connectivity index (χ0) is 16.4. The number of carbonyl (C=O) groups is 2. The van der Waals surface area contributed by atoms with Crippen LogP contribution in [-0.2, 0) is 9.59 Å². The van der Waals surface area contributed by atoms with Gasteiger partial charge < -0.3 is 10.2 Å². The van der Waals surface area contributed by atoms with Crippen molar-refractivity contribution in [2.45, 2.75) is 85.4 Å². The van der Waals surface area contributed by atoms with Gasteiger partial charge in [-0.05, 0) is 31.1 Å². The fraction of sp³-hybridized carbons (Fsp3) is 0.882. The van der Waals surface area contributed by atoms with E-state index in [1.165, 1.54) is 0 Å². The molecule has 0 spiro atoms. The third-order valence-electron chi connectivity index (χ3n) is 5.13. The molecule has 0 aromatic carbocycles. The Balaban J connectivity index is 3.35. The molecule has 1 fully saturated rings. The third-order valence-corrected chi connectivity index (χ3v) is 5.13. The Bertz CT molecular complexity index is 378. The summed E-state index contributed by atoms with van der Waals surface area (Å²) in [4.78, 5) is 27.6. The monoisotopic (exact) mass is 296 g/mol. The summed E-state index contributed by atoms with van der Waals surface area (Å²) in [5, 5.41) is 2.94. The minimum Gasteiger partial charge on any atom is -0.342 e. The number of hydrogen-bond acceptors (Lipinski definition) is 2. The lowest BCUT2D eigenvalue weighted by Crippen LogP contribution is -2.71. The smallest absolute Gasteiger partial charge is 0.246 e. The number of hydrogen-bond donors (Lipinski definition) is 1. The maximum absolute atomic E-state index is 13.1. The SMILES string of the molecule is CCC(CC)(CC)N1C(=O)C(C(C)C)NC(=O)C1C(C)C. The normalized spacial score (nSPS) is 24.0. The molecule has 0 radical (unpaired) electrons. The Hall–Kier alpha value is -1.06. The van der Waals surface area contributed by atoms with Crippen LogP contribution in [-0.4, -0.2) is 34.3 Å². The Morgan fingerprint density at radius 1 is 1.00 bits per heavy atom. The van der Waals surface area contributed by atoms with Gasteiger partial charge in [-0.25, -0.2) is 0 Å². The summed E-state index contributed by atoms with van der Waals surface area (Å²) in [6.07, 6.45) is 2.65. The largest absolute Gasteiger partial charge is 0.342 e. The molecular formula is C17H32N2O2. The van der Waals surface area contributed by atoms with Crippen LogP contribution in [0.2, 0.25) is 0 Å². The van der Waals surface area contributed by atoms with E-state index in [4.69, 9.17) is 0 Å². The molecular weight excluding hydrogens is 264 g/mol. The highest BCUT2D eigenvalue weighted by atomic mass is 16.2. The molecule has 1 heterocycles. The molecule has 0 saturated carbocycles. The van der Waals surface area contributed by atoms with Gasteiger partial charge in [-0.2, -0.15) is 0 Å². The van der Waals surface area contributed by atoms with E-state index in [0.717, 1.165) is 19.3 Å². The quantitative estimate of drug-likeness (QED) is 0.819. The summed E-state index contributed by atoms with van der Waals surface area (Å²) >= 11 is 0. The molecule has 4 nitrogen and oxygen atoms in total. The van der Waals surface area contributed by atoms with Gasteiger partial charge in [-0.1, -0.05) is 48.5 Å². The summed E-state index contributed by atoms with van der Waals surface area (Å²) in [5.41, 5.74) is -0.211. The van der Waals surface area contributed by atoms with Gasteiger partial charge in [0, 0.05) is 5.54 Å². The predicted molar refractivity (Wildman–Crippen MR) is 85.8 cm³/mol. The second-order valence-corrected chi connectivity index (χ2v) is 6.91. The summed E-state index contributed by atoms with van der Waals surface area (Å²) in [6.45, 7) is 14.4. The van der Waals surface area contributed by atoms with Crippen LogP contribution in [0.1, 0.15) is 67.7 Å². The van der Waals surface area contributed by atoms with Crippen molar-refractivity contribution in [1.29, 1.82) is 0 Å². The van der Waals surface area contributed by atoms with E-state index in [1.54, 1.807) is 0 Å². The minimum atomic E-state index is -0.392. The Morgan fingerprint density at radius 2 is 1.48 bits per heavy atom. The van der Waals surface area contributed by atoms with Gasteiger partial charge >= 0.3 is 0 Å². The van der Waals surface area contributed by atoms with E-state index in [9.17, 15) is 9.59 Å². The van der Waals surface area contributed by atoms with Crippen LogP contribution in [0.4, 0.5) is 0 Å². The Kier molecular flexibility index (Phi) is 5.83. The third kappa shape index (κ3) is 3.09. The van der Waals surface area contributed by atoms with Crippen LogP contribution in [0.15, 0.2) is 0 Å². The molecule has 122 valence electrons. The second-order valence-electron chi connectivity index (χ2n) is 6.91. The van der Waals surface area contributed by atoms with Crippen molar-refractivity contribution in [3.8, 4) is 0 Å². The van der Waals surface area contributed by atoms with E-state index < -0.39 is 6.04 Å². The maximum atomic E-state index is 13.1. The van der Waals surface area contributed by atoms with Crippen LogP contribution in [0.5, 0.6) is 0 Å². The lowest BCUT2D eigenvalue weighted by molar-refractivity contribution is -0.162. The molecule has 2 amide bonds. The van der Waals surface area contributed by atoms with Crippen LogP contribution < -0.4 is 5.32 Å². The van der Waals surface area contributed by atoms with Crippen molar-refractivity contribution in [3.63, 3.8) is 0 Å². The van der Waals surface area contributed by atoms with Gasteiger partial charge in [0.25, 0.3) is 0 Å². The van der Waals surface area contributed by atoms with Crippen molar-refractivity contribution in [3.05, 3.63) is 0 Å². The summed E-state index contributed by atoms with van der Waals surface area (Å²) in [5.74, 6) is 0.322. The molecule has 1 aliphatic rings. The average Bonchev–Trinajstić information content (AvgIpc) is 2.43. The average molecular weight is 296 g/mol. The second kappa shape index (κ2) is 6.80. The highest BCUT2D eigenvalue weighted by molar-refractivity contribution is 5.97. The molecule has 1 N–H and O–H groups in total. The molecule has 21 heavy (non-hydrogen) atoms. The molecule has 0 aromatic rings. The lowest BCUT2D eigenvalue weighted by Gasteiger charge is -2.52. The number of nitrogens with one attached hydrogen (secondary N) is 1. The molecule has 1 saturated heterocycles. The van der Waals surface area contributed by atoms with E-state index in [0.29, 0.717) is 0 Å². The number of piperazine rings is 1. The van der Waals surface area contributed by atoms with Crippen LogP contribution in [0, 0.1) is 11.8 Å². The maximum Gasteiger partial charge on any atom is 0.246 e. The van der Waals surface area contributed by atoms with Gasteiger partial charge in [-0.15, -0.1) is 0 Å². The first kappa shape index (κ1) is 18.0. The first-order chi connectivity index (χ1) is 9.75. The number of rotatable bonds is 6. The van der Waals surface area contributed by atoms with Gasteiger partial charge in [0.2, 0.25) is 11.8 Å². The molecule has 0 aromatic heterocycles. The van der Waals surface area contributed by atoms with Crippen molar-refractivity contribution in [2.75, 3.05) is 0 Å². The first-order valence-electron chi connectivity index (χ1n) is 8.39. The van der Waals surface area contributed by atoms with Crippen LogP contribution in [0.25, 0.3) is 0 Å². The van der Waals surface area contributed by atoms with Gasteiger partial charge in [0.1, 0.15) is 12.1 Å². The zero-order valence-electron chi connectivity index (χ0n) is 14.7. The predicted octanol–water partition coefficient (Wildman–Crippen LogP) is 2.96. The van der Waals surface area contributed by atoms with Crippen molar-refractivity contribution < 1.29 is 9.59 Å². The Morgan fingerprint density at radius 3 is 1.81 bits per heavy atom. The number of nitrogens with zero attached hydrogens (tertiary/aromatic N) is 1. The van der Waals surface area contributed by atoms with Crippen molar-refractivity contribution >= 4 is 11.8 Å². The Labute approximate surface area is 129 Å². The van der Waals surface area contributed by atoms with Crippen molar-refractivity contribution in [1.82, 2.24) is 10.2 Å². The van der Waals surface area contributed by atoms with E-state index in [-0.39, 0.29) is 35.2 Å². The zero-order valence-corrected chi connectivity index (χ0v) is 14.7. The minimum absolute atomic E-state index is 0.00280. The van der Waals surface area contributed by atoms with E-state index in [1.807, 2.05) is 32.6 Å². The summed E-state index contributed by atoms with van der Waals surface area (Å²) in [7, 11) is 0. The molecule has 2 atom stereocenters. The van der Waals surface area contributed by atoms with Crippen LogP contribution in [0.3, 0.4) is 0 Å². The summed E-state index contributed by atoms with van der Waals surface area (Å²) < 4.78 is 0. The highest BCUT2D eigenvalue weighted by Gasteiger charge is 2.50. The molecule has 1 aliphatic heterocycles. The lowest BCUT2D eigenvalue weighted by atomic mass is 9.81. The standard InChI is InChI=1S/C17H32N2O2/c1-8-17(9-2,10-3)19-14(12(6)7)15(20)18-13(11(4)5)16(19)21/h11-14H,8-10H2,1-7H3,(H,18,20). The van der Waals surface area contributed by atoms with Gasteiger partial charge in [0.15, 0.2) is 0 Å². The molecule has 0 bridgehead atoms.